The first kappa shape index (κ1) is 14.3. The van der Waals surface area contributed by atoms with E-state index >= 15 is 0 Å². The summed E-state index contributed by atoms with van der Waals surface area (Å²) in [6.07, 6.45) is 1.80. The number of nitrogens with zero attached hydrogens (tertiary/aromatic N) is 1. The molecule has 2 aromatic rings. The van der Waals surface area contributed by atoms with Crippen LogP contribution < -0.4 is 5.32 Å². The number of anilines is 1. The van der Waals surface area contributed by atoms with E-state index in [-0.39, 0.29) is 18.6 Å². The first-order chi connectivity index (χ1) is 11.2. The van der Waals surface area contributed by atoms with E-state index < -0.39 is 0 Å². The number of aliphatic hydroxyl groups is 1. The molecule has 118 valence electrons. The fourth-order valence-electron chi connectivity index (χ4n) is 3.59. The van der Waals surface area contributed by atoms with Crippen LogP contribution in [-0.2, 0) is 6.42 Å². The van der Waals surface area contributed by atoms with Gasteiger partial charge < -0.3 is 15.3 Å². The van der Waals surface area contributed by atoms with E-state index in [1.807, 2.05) is 6.07 Å². The Morgan fingerprint density at radius 2 is 2.00 bits per heavy atom. The van der Waals surface area contributed by atoms with Gasteiger partial charge in [0.2, 0.25) is 0 Å². The molecule has 1 heterocycles. The Morgan fingerprint density at radius 1 is 1.17 bits per heavy atom. The predicted octanol–water partition coefficient (Wildman–Crippen LogP) is 3.10. The highest BCUT2D eigenvalue weighted by Gasteiger charge is 2.26. The average Bonchev–Trinajstić information content (AvgIpc) is 3.18. The van der Waals surface area contributed by atoms with Crippen molar-refractivity contribution in [3.8, 4) is 11.1 Å². The lowest BCUT2D eigenvalue weighted by atomic mass is 10.1. The van der Waals surface area contributed by atoms with Crippen LogP contribution >= 0.6 is 0 Å². The molecule has 2 N–H and O–H groups in total. The van der Waals surface area contributed by atoms with Crippen LogP contribution in [0.2, 0.25) is 0 Å². The van der Waals surface area contributed by atoms with Crippen molar-refractivity contribution in [3.63, 3.8) is 0 Å². The fourth-order valence-corrected chi connectivity index (χ4v) is 3.59. The Labute approximate surface area is 135 Å². The predicted molar refractivity (Wildman–Crippen MR) is 90.5 cm³/mol. The van der Waals surface area contributed by atoms with Crippen LogP contribution in [0.15, 0.2) is 42.5 Å². The van der Waals surface area contributed by atoms with E-state index in [2.05, 4.69) is 41.7 Å². The SMILES string of the molecule is O=C(Nc1ccc2c(c1)Cc1ccccc1-2)N1CCC(CO)C1. The summed E-state index contributed by atoms with van der Waals surface area (Å²) in [4.78, 5) is 14.1. The number of amides is 2. The summed E-state index contributed by atoms with van der Waals surface area (Å²) in [6.45, 7) is 1.51. The minimum absolute atomic E-state index is 0.0728. The normalized spacial score (nSPS) is 18.7. The molecule has 1 saturated heterocycles. The van der Waals surface area contributed by atoms with Gasteiger partial charge in [-0.2, -0.15) is 0 Å². The van der Waals surface area contributed by atoms with Crippen molar-refractivity contribution < 1.29 is 9.90 Å². The molecule has 4 nitrogen and oxygen atoms in total. The summed E-state index contributed by atoms with van der Waals surface area (Å²) in [5.41, 5.74) is 6.01. The quantitative estimate of drug-likeness (QED) is 0.764. The third-order valence-corrected chi connectivity index (χ3v) is 4.88. The number of fused-ring (bicyclic) bond motifs is 3. The topological polar surface area (TPSA) is 52.6 Å². The second-order valence-corrected chi connectivity index (χ2v) is 6.42. The van der Waals surface area contributed by atoms with Gasteiger partial charge in [-0.05, 0) is 47.2 Å². The van der Waals surface area contributed by atoms with E-state index in [1.165, 1.54) is 22.3 Å². The highest BCUT2D eigenvalue weighted by atomic mass is 16.3. The van der Waals surface area contributed by atoms with Gasteiger partial charge in [0.05, 0.1) is 0 Å². The summed E-state index contributed by atoms with van der Waals surface area (Å²) in [5.74, 6) is 0.218. The number of hydrogen-bond donors (Lipinski definition) is 2. The molecule has 4 heteroatoms. The molecule has 0 spiro atoms. The molecule has 2 aliphatic rings. The minimum atomic E-state index is -0.0728. The lowest BCUT2D eigenvalue weighted by Crippen LogP contribution is -2.33. The number of carbonyl (C=O) groups is 1. The van der Waals surface area contributed by atoms with E-state index in [0.29, 0.717) is 13.1 Å². The lowest BCUT2D eigenvalue weighted by molar-refractivity contribution is 0.209. The van der Waals surface area contributed by atoms with Crippen LogP contribution in [-0.4, -0.2) is 35.7 Å². The summed E-state index contributed by atoms with van der Waals surface area (Å²) >= 11 is 0. The lowest BCUT2D eigenvalue weighted by Gasteiger charge is -2.17. The van der Waals surface area contributed by atoms with Gasteiger partial charge in [-0.15, -0.1) is 0 Å². The van der Waals surface area contributed by atoms with Crippen LogP contribution in [0.1, 0.15) is 17.5 Å². The number of urea groups is 1. The van der Waals surface area contributed by atoms with Gasteiger partial charge in [-0.3, -0.25) is 0 Å². The maximum absolute atomic E-state index is 12.3. The van der Waals surface area contributed by atoms with Crippen molar-refractivity contribution in [1.29, 1.82) is 0 Å². The van der Waals surface area contributed by atoms with Gasteiger partial charge in [0.1, 0.15) is 0 Å². The molecule has 2 aromatic carbocycles. The minimum Gasteiger partial charge on any atom is -0.396 e. The largest absolute Gasteiger partial charge is 0.396 e. The Bertz CT molecular complexity index is 757. The monoisotopic (exact) mass is 308 g/mol. The average molecular weight is 308 g/mol. The van der Waals surface area contributed by atoms with Gasteiger partial charge >= 0.3 is 6.03 Å². The molecular weight excluding hydrogens is 288 g/mol. The Balaban J connectivity index is 1.50. The molecule has 0 aromatic heterocycles. The van der Waals surface area contributed by atoms with Gasteiger partial charge in [0, 0.05) is 31.3 Å². The van der Waals surface area contributed by atoms with E-state index in [1.54, 1.807) is 4.90 Å². The summed E-state index contributed by atoms with van der Waals surface area (Å²) in [7, 11) is 0. The first-order valence-electron chi connectivity index (χ1n) is 8.12. The zero-order valence-corrected chi connectivity index (χ0v) is 13.0. The van der Waals surface area contributed by atoms with Crippen LogP contribution in [0.3, 0.4) is 0 Å². The highest BCUT2D eigenvalue weighted by Crippen LogP contribution is 2.37. The van der Waals surface area contributed by atoms with Crippen molar-refractivity contribution in [2.75, 3.05) is 25.0 Å². The number of hydrogen-bond acceptors (Lipinski definition) is 2. The third kappa shape index (κ3) is 2.59. The molecular formula is C19H20N2O2. The summed E-state index contributed by atoms with van der Waals surface area (Å²) in [5, 5.41) is 12.2. The molecule has 1 atom stereocenters. The number of likely N-dealkylation sites (tertiary alicyclic amines) is 1. The van der Waals surface area contributed by atoms with Crippen molar-refractivity contribution in [2.24, 2.45) is 5.92 Å². The van der Waals surface area contributed by atoms with Gasteiger partial charge in [0.25, 0.3) is 0 Å². The summed E-state index contributed by atoms with van der Waals surface area (Å²) < 4.78 is 0. The molecule has 0 radical (unpaired) electrons. The Morgan fingerprint density at radius 3 is 2.83 bits per heavy atom. The van der Waals surface area contributed by atoms with Crippen molar-refractivity contribution in [1.82, 2.24) is 4.90 Å². The van der Waals surface area contributed by atoms with Crippen molar-refractivity contribution >= 4 is 11.7 Å². The zero-order chi connectivity index (χ0) is 15.8. The highest BCUT2D eigenvalue weighted by molar-refractivity contribution is 5.90. The van der Waals surface area contributed by atoms with Gasteiger partial charge in [0.15, 0.2) is 0 Å². The molecule has 0 bridgehead atoms. The Hall–Kier alpha value is -2.33. The number of carbonyl (C=O) groups excluding carboxylic acids is 1. The number of benzene rings is 2. The van der Waals surface area contributed by atoms with Gasteiger partial charge in [-0.25, -0.2) is 4.79 Å². The number of nitrogens with one attached hydrogen (secondary N) is 1. The molecule has 2 amide bonds. The van der Waals surface area contributed by atoms with Crippen LogP contribution in [0, 0.1) is 5.92 Å². The smallest absolute Gasteiger partial charge is 0.321 e. The van der Waals surface area contributed by atoms with Crippen molar-refractivity contribution in [2.45, 2.75) is 12.8 Å². The van der Waals surface area contributed by atoms with E-state index in [9.17, 15) is 9.90 Å². The number of rotatable bonds is 2. The zero-order valence-electron chi connectivity index (χ0n) is 13.0. The molecule has 4 rings (SSSR count). The molecule has 1 aliphatic carbocycles. The van der Waals surface area contributed by atoms with Crippen LogP contribution in [0.4, 0.5) is 10.5 Å². The maximum atomic E-state index is 12.3. The van der Waals surface area contributed by atoms with Crippen LogP contribution in [0.25, 0.3) is 11.1 Å². The van der Waals surface area contributed by atoms with Gasteiger partial charge in [-0.1, -0.05) is 30.3 Å². The molecule has 1 unspecified atom stereocenters. The maximum Gasteiger partial charge on any atom is 0.321 e. The number of aliphatic hydroxyl groups excluding tert-OH is 1. The summed E-state index contributed by atoms with van der Waals surface area (Å²) in [6, 6.07) is 14.5. The molecule has 1 aliphatic heterocycles. The second kappa shape index (κ2) is 5.70. The van der Waals surface area contributed by atoms with E-state index in [0.717, 1.165) is 18.5 Å². The first-order valence-corrected chi connectivity index (χ1v) is 8.12. The molecule has 23 heavy (non-hydrogen) atoms. The van der Waals surface area contributed by atoms with Crippen molar-refractivity contribution in [3.05, 3.63) is 53.6 Å². The Kier molecular flexibility index (Phi) is 3.54. The van der Waals surface area contributed by atoms with Crippen LogP contribution in [0.5, 0.6) is 0 Å². The van der Waals surface area contributed by atoms with E-state index in [4.69, 9.17) is 0 Å². The fraction of sp³-hybridized carbons (Fsp3) is 0.316. The molecule has 0 saturated carbocycles. The third-order valence-electron chi connectivity index (χ3n) is 4.88. The standard InChI is InChI=1S/C19H20N2O2/c22-12-13-7-8-21(11-13)19(23)20-16-5-6-18-15(10-16)9-14-3-1-2-4-17(14)18/h1-6,10,13,22H,7-9,11-12H2,(H,20,23). The second-order valence-electron chi connectivity index (χ2n) is 6.42. The molecule has 1 fully saturated rings.